The largest absolute Gasteiger partial charge is 0.381 e. The number of piperidine rings is 1. The highest BCUT2D eigenvalue weighted by atomic mass is 32.1. The zero-order chi connectivity index (χ0) is 16.6. The van der Waals surface area contributed by atoms with Gasteiger partial charge in [0.05, 0.1) is 12.1 Å². The molecule has 5 nitrogen and oxygen atoms in total. The molecule has 24 heavy (non-hydrogen) atoms. The van der Waals surface area contributed by atoms with Crippen LogP contribution in [-0.4, -0.2) is 67.1 Å². The van der Waals surface area contributed by atoms with Crippen LogP contribution in [-0.2, 0) is 4.74 Å². The molecule has 3 aliphatic rings. The molecule has 3 fully saturated rings. The molecule has 0 bridgehead atoms. The van der Waals surface area contributed by atoms with E-state index in [1.165, 1.54) is 24.2 Å². The molecular formula is C18H27N3O2S. The Morgan fingerprint density at radius 1 is 1.38 bits per heavy atom. The minimum absolute atomic E-state index is 0.0963. The van der Waals surface area contributed by atoms with E-state index >= 15 is 0 Å². The molecule has 0 radical (unpaired) electrons. The van der Waals surface area contributed by atoms with Gasteiger partial charge in [-0.1, -0.05) is 0 Å². The maximum atomic E-state index is 12.5. The fourth-order valence-corrected chi connectivity index (χ4v) is 4.92. The topological polar surface area (TPSA) is 45.7 Å². The number of thiazole rings is 1. The molecule has 0 aromatic carbocycles. The Morgan fingerprint density at radius 3 is 2.83 bits per heavy atom. The smallest absolute Gasteiger partial charge is 0.273 e. The molecular weight excluding hydrogens is 322 g/mol. The van der Waals surface area contributed by atoms with Gasteiger partial charge in [0.2, 0.25) is 0 Å². The van der Waals surface area contributed by atoms with Crippen molar-refractivity contribution in [2.45, 2.75) is 25.7 Å². The first-order valence-electron chi connectivity index (χ1n) is 9.10. The minimum Gasteiger partial charge on any atom is -0.381 e. The molecule has 4 rings (SSSR count). The first-order chi connectivity index (χ1) is 11.7. The van der Waals surface area contributed by atoms with Crippen LogP contribution in [0.4, 0.5) is 0 Å². The summed E-state index contributed by atoms with van der Waals surface area (Å²) < 4.78 is 6.03. The molecule has 0 N–H and O–H groups in total. The quantitative estimate of drug-likeness (QED) is 0.819. The number of carbonyl (C=O) groups excluding carboxylic acids is 1. The molecule has 1 atom stereocenters. The lowest BCUT2D eigenvalue weighted by atomic mass is 9.71. The molecule has 3 heterocycles. The van der Waals surface area contributed by atoms with Crippen molar-refractivity contribution in [1.29, 1.82) is 0 Å². The van der Waals surface area contributed by atoms with Crippen LogP contribution >= 0.6 is 11.3 Å². The maximum absolute atomic E-state index is 12.5. The summed E-state index contributed by atoms with van der Waals surface area (Å²) in [6.07, 6.45) is 4.88. The van der Waals surface area contributed by atoms with Crippen molar-refractivity contribution < 1.29 is 9.53 Å². The lowest BCUT2D eigenvalue weighted by Crippen LogP contribution is -2.47. The molecule has 0 unspecified atom stereocenters. The van der Waals surface area contributed by atoms with E-state index in [1.54, 1.807) is 5.51 Å². The van der Waals surface area contributed by atoms with Gasteiger partial charge in [0.15, 0.2) is 0 Å². The highest BCUT2D eigenvalue weighted by molar-refractivity contribution is 7.07. The van der Waals surface area contributed by atoms with Gasteiger partial charge >= 0.3 is 0 Å². The third-order valence-electron chi connectivity index (χ3n) is 6.05. The minimum atomic E-state index is 0.0963. The number of nitrogens with zero attached hydrogens (tertiary/aromatic N) is 3. The van der Waals surface area contributed by atoms with Crippen LogP contribution < -0.4 is 0 Å². The summed E-state index contributed by atoms with van der Waals surface area (Å²) in [5, 5.41) is 1.85. The number of amides is 1. The van der Waals surface area contributed by atoms with Crippen LogP contribution in [0.5, 0.6) is 0 Å². The summed E-state index contributed by atoms with van der Waals surface area (Å²) in [5.74, 6) is 1.54. The lowest BCUT2D eigenvalue weighted by Gasteiger charge is -2.42. The van der Waals surface area contributed by atoms with Gasteiger partial charge in [-0.3, -0.25) is 4.79 Å². The Bertz CT molecular complexity index is 565. The predicted molar refractivity (Wildman–Crippen MR) is 94.2 cm³/mol. The van der Waals surface area contributed by atoms with E-state index in [0.29, 0.717) is 17.0 Å². The van der Waals surface area contributed by atoms with E-state index in [-0.39, 0.29) is 5.91 Å². The molecule has 1 saturated carbocycles. The summed E-state index contributed by atoms with van der Waals surface area (Å²) >= 11 is 1.49. The molecule has 2 aliphatic heterocycles. The lowest BCUT2D eigenvalue weighted by molar-refractivity contribution is 0.0179. The van der Waals surface area contributed by atoms with Crippen LogP contribution in [0.2, 0.25) is 0 Å². The first kappa shape index (κ1) is 16.5. The van der Waals surface area contributed by atoms with Crippen molar-refractivity contribution in [2.24, 2.45) is 17.3 Å². The molecule has 2 saturated heterocycles. The number of likely N-dealkylation sites (tertiary alicyclic amines) is 2. The number of hydrogen-bond donors (Lipinski definition) is 0. The summed E-state index contributed by atoms with van der Waals surface area (Å²) in [6.45, 7) is 5.81. The van der Waals surface area contributed by atoms with Crippen molar-refractivity contribution in [3.8, 4) is 0 Å². The van der Waals surface area contributed by atoms with E-state index < -0.39 is 0 Å². The molecule has 1 spiro atoms. The average molecular weight is 350 g/mol. The molecule has 1 aromatic rings. The Kier molecular flexibility index (Phi) is 4.62. The number of carbonyl (C=O) groups is 1. The van der Waals surface area contributed by atoms with Crippen LogP contribution in [0.3, 0.4) is 0 Å². The normalized spacial score (nSPS) is 27.0. The van der Waals surface area contributed by atoms with Gasteiger partial charge in [-0.25, -0.2) is 4.98 Å². The highest BCUT2D eigenvalue weighted by Crippen LogP contribution is 2.44. The number of rotatable bonds is 5. The second-order valence-electron chi connectivity index (χ2n) is 7.90. The molecule has 1 amide bonds. The summed E-state index contributed by atoms with van der Waals surface area (Å²) in [7, 11) is 2.22. The summed E-state index contributed by atoms with van der Waals surface area (Å²) in [4.78, 5) is 21.1. The second kappa shape index (κ2) is 6.73. The van der Waals surface area contributed by atoms with Gasteiger partial charge in [0.1, 0.15) is 5.69 Å². The van der Waals surface area contributed by atoms with E-state index in [9.17, 15) is 4.79 Å². The summed E-state index contributed by atoms with van der Waals surface area (Å²) in [6, 6.07) is 0. The Labute approximate surface area is 148 Å². The SMILES string of the molecule is CN1C[C@@H](COCC2CC2)C2(CCN(C(=O)c3cscn3)CC2)C1. The van der Waals surface area contributed by atoms with E-state index in [1.807, 2.05) is 10.3 Å². The zero-order valence-electron chi connectivity index (χ0n) is 14.4. The fourth-order valence-electron chi connectivity index (χ4n) is 4.39. The van der Waals surface area contributed by atoms with Gasteiger partial charge in [-0.15, -0.1) is 11.3 Å². The van der Waals surface area contributed by atoms with Crippen molar-refractivity contribution in [3.05, 3.63) is 16.6 Å². The predicted octanol–water partition coefficient (Wildman–Crippen LogP) is 2.35. The second-order valence-corrected chi connectivity index (χ2v) is 8.62. The van der Waals surface area contributed by atoms with Gasteiger partial charge < -0.3 is 14.5 Å². The standard InChI is InChI=1S/C18H27N3O2S/c1-20-8-15(10-23-9-14-2-3-14)18(12-20)4-6-21(7-5-18)17(22)16-11-24-13-19-16/h11,13-15H,2-10,12H2,1H3/t15-/m0/s1. The van der Waals surface area contributed by atoms with Crippen LogP contribution in [0, 0.1) is 17.3 Å². The van der Waals surface area contributed by atoms with Crippen molar-refractivity contribution >= 4 is 17.2 Å². The Morgan fingerprint density at radius 2 is 2.17 bits per heavy atom. The van der Waals surface area contributed by atoms with Crippen LogP contribution in [0.15, 0.2) is 10.9 Å². The van der Waals surface area contributed by atoms with Gasteiger partial charge in [-0.2, -0.15) is 0 Å². The van der Waals surface area contributed by atoms with Crippen molar-refractivity contribution in [1.82, 2.24) is 14.8 Å². The molecule has 1 aliphatic carbocycles. The third-order valence-corrected chi connectivity index (χ3v) is 6.64. The van der Waals surface area contributed by atoms with Gasteiger partial charge in [0.25, 0.3) is 5.91 Å². The third kappa shape index (κ3) is 3.37. The first-order valence-corrected chi connectivity index (χ1v) is 10.0. The van der Waals surface area contributed by atoms with Crippen molar-refractivity contribution in [2.75, 3.05) is 46.4 Å². The molecule has 6 heteroatoms. The van der Waals surface area contributed by atoms with Gasteiger partial charge in [0, 0.05) is 44.1 Å². The van der Waals surface area contributed by atoms with E-state index in [2.05, 4.69) is 16.9 Å². The van der Waals surface area contributed by atoms with E-state index in [0.717, 1.165) is 58.2 Å². The monoisotopic (exact) mass is 349 g/mol. The average Bonchev–Trinajstić information content (AvgIpc) is 3.14. The number of aromatic nitrogens is 1. The van der Waals surface area contributed by atoms with Crippen LogP contribution in [0.1, 0.15) is 36.2 Å². The summed E-state index contributed by atoms with van der Waals surface area (Å²) in [5.41, 5.74) is 2.67. The van der Waals surface area contributed by atoms with Crippen molar-refractivity contribution in [3.63, 3.8) is 0 Å². The molecule has 1 aromatic heterocycles. The highest BCUT2D eigenvalue weighted by Gasteiger charge is 2.47. The Balaban J connectivity index is 1.35. The van der Waals surface area contributed by atoms with Crippen LogP contribution in [0.25, 0.3) is 0 Å². The molecule has 132 valence electrons. The number of hydrogen-bond acceptors (Lipinski definition) is 5. The fraction of sp³-hybridized carbons (Fsp3) is 0.778. The Hall–Kier alpha value is -0.980. The number of ether oxygens (including phenoxy) is 1. The van der Waals surface area contributed by atoms with E-state index in [4.69, 9.17) is 4.74 Å². The maximum Gasteiger partial charge on any atom is 0.273 e. The van der Waals surface area contributed by atoms with Gasteiger partial charge in [-0.05, 0) is 44.1 Å². The zero-order valence-corrected chi connectivity index (χ0v) is 15.3.